The van der Waals surface area contributed by atoms with Crippen LogP contribution in [0.1, 0.15) is 18.4 Å². The van der Waals surface area contributed by atoms with Crippen LogP contribution in [0.5, 0.6) is 0 Å². The zero-order valence-corrected chi connectivity index (χ0v) is 11.5. The molecule has 3 nitrogen and oxygen atoms in total. The minimum Gasteiger partial charge on any atom is -0.207 e. The van der Waals surface area contributed by atoms with Gasteiger partial charge < -0.3 is 0 Å². The molecule has 0 unspecified atom stereocenters. The fourth-order valence-corrected chi connectivity index (χ4v) is 4.20. The van der Waals surface area contributed by atoms with Gasteiger partial charge in [0.05, 0.1) is 4.90 Å². The summed E-state index contributed by atoms with van der Waals surface area (Å²) in [4.78, 5) is 0.420. The second-order valence-electron chi connectivity index (χ2n) is 4.02. The summed E-state index contributed by atoms with van der Waals surface area (Å²) in [5, 5.41) is 0. The lowest BCUT2D eigenvalue weighted by molar-refractivity contribution is 0.477. The van der Waals surface area contributed by atoms with Crippen LogP contribution in [0.15, 0.2) is 27.6 Å². The van der Waals surface area contributed by atoms with Crippen LogP contribution in [0.3, 0.4) is 0 Å². The lowest BCUT2D eigenvalue weighted by Crippen LogP contribution is -2.28. The normalized spacial score (nSPS) is 17.9. The monoisotopic (exact) mass is 303 g/mol. The topological polar surface area (TPSA) is 37.4 Å². The number of hydrogen-bond acceptors (Lipinski definition) is 2. The molecule has 0 aromatic heterocycles. The van der Waals surface area contributed by atoms with Crippen molar-refractivity contribution in [3.05, 3.63) is 28.2 Å². The average Bonchev–Trinajstić information content (AvgIpc) is 2.75. The Morgan fingerprint density at radius 3 is 2.50 bits per heavy atom. The zero-order valence-electron chi connectivity index (χ0n) is 9.11. The van der Waals surface area contributed by atoms with E-state index in [-0.39, 0.29) is 0 Å². The lowest BCUT2D eigenvalue weighted by atomic mass is 10.2. The largest absolute Gasteiger partial charge is 0.243 e. The molecule has 0 N–H and O–H groups in total. The van der Waals surface area contributed by atoms with Gasteiger partial charge in [0.2, 0.25) is 10.0 Å². The molecule has 0 atom stereocenters. The van der Waals surface area contributed by atoms with Gasteiger partial charge >= 0.3 is 0 Å². The highest BCUT2D eigenvalue weighted by atomic mass is 79.9. The van der Waals surface area contributed by atoms with Crippen LogP contribution >= 0.6 is 15.9 Å². The van der Waals surface area contributed by atoms with E-state index in [0.29, 0.717) is 18.0 Å². The van der Waals surface area contributed by atoms with Crippen molar-refractivity contribution in [2.75, 3.05) is 13.1 Å². The molecule has 16 heavy (non-hydrogen) atoms. The van der Waals surface area contributed by atoms with E-state index in [1.807, 2.05) is 19.1 Å². The quantitative estimate of drug-likeness (QED) is 0.842. The first-order valence-corrected chi connectivity index (χ1v) is 7.51. The summed E-state index contributed by atoms with van der Waals surface area (Å²) >= 11 is 3.31. The second-order valence-corrected chi connectivity index (χ2v) is 6.84. The molecule has 1 fully saturated rings. The number of sulfonamides is 1. The van der Waals surface area contributed by atoms with Gasteiger partial charge in [-0.1, -0.05) is 22.0 Å². The number of aryl methyl sites for hydroxylation is 1. The Kier molecular flexibility index (Phi) is 3.37. The van der Waals surface area contributed by atoms with Gasteiger partial charge in [0.15, 0.2) is 0 Å². The summed E-state index contributed by atoms with van der Waals surface area (Å²) < 4.78 is 27.0. The Labute approximate surface area is 105 Å². The molecule has 2 rings (SSSR count). The van der Waals surface area contributed by atoms with Gasteiger partial charge in [0.1, 0.15) is 0 Å². The second kappa shape index (κ2) is 4.47. The van der Waals surface area contributed by atoms with E-state index in [1.54, 1.807) is 10.4 Å². The van der Waals surface area contributed by atoms with Crippen molar-refractivity contribution < 1.29 is 8.42 Å². The maximum atomic E-state index is 12.3. The van der Waals surface area contributed by atoms with Crippen LogP contribution in [0.25, 0.3) is 0 Å². The first-order chi connectivity index (χ1) is 7.51. The summed E-state index contributed by atoms with van der Waals surface area (Å²) in [6, 6.07) is 5.37. The van der Waals surface area contributed by atoms with Gasteiger partial charge in [-0.2, -0.15) is 4.31 Å². The van der Waals surface area contributed by atoms with Crippen LogP contribution in [0.4, 0.5) is 0 Å². The van der Waals surface area contributed by atoms with Crippen molar-refractivity contribution in [2.24, 2.45) is 0 Å². The molecule has 0 saturated carbocycles. The van der Waals surface area contributed by atoms with Crippen molar-refractivity contribution in [1.29, 1.82) is 0 Å². The summed E-state index contributed by atoms with van der Waals surface area (Å²) in [7, 11) is -3.29. The van der Waals surface area contributed by atoms with E-state index < -0.39 is 10.0 Å². The highest BCUT2D eigenvalue weighted by molar-refractivity contribution is 9.10. The molecule has 88 valence electrons. The molecular formula is C11H14BrNO2S. The fourth-order valence-electron chi connectivity index (χ4n) is 1.92. The number of nitrogens with zero attached hydrogens (tertiary/aromatic N) is 1. The van der Waals surface area contributed by atoms with Crippen LogP contribution in [0, 0.1) is 6.92 Å². The Hall–Kier alpha value is -0.390. The van der Waals surface area contributed by atoms with Crippen LogP contribution in [0.2, 0.25) is 0 Å². The van der Waals surface area contributed by atoms with E-state index >= 15 is 0 Å². The van der Waals surface area contributed by atoms with E-state index in [4.69, 9.17) is 0 Å². The van der Waals surface area contributed by atoms with Crippen LogP contribution < -0.4 is 0 Å². The van der Waals surface area contributed by atoms with Crippen molar-refractivity contribution in [3.8, 4) is 0 Å². The molecule has 5 heteroatoms. The molecule has 1 aliphatic heterocycles. The van der Waals surface area contributed by atoms with Crippen LogP contribution in [-0.2, 0) is 10.0 Å². The molecule has 1 saturated heterocycles. The highest BCUT2D eigenvalue weighted by Crippen LogP contribution is 2.26. The van der Waals surface area contributed by atoms with Crippen molar-refractivity contribution in [2.45, 2.75) is 24.7 Å². The number of hydrogen-bond donors (Lipinski definition) is 0. The summed E-state index contributed by atoms with van der Waals surface area (Å²) in [5.41, 5.74) is 0.801. The maximum absolute atomic E-state index is 12.3. The van der Waals surface area contributed by atoms with E-state index in [2.05, 4.69) is 15.9 Å². The molecule has 0 amide bonds. The van der Waals surface area contributed by atoms with E-state index in [1.165, 1.54) is 0 Å². The van der Waals surface area contributed by atoms with Gasteiger partial charge in [-0.3, -0.25) is 0 Å². The molecule has 1 aromatic carbocycles. The SMILES string of the molecule is Cc1ccc(Br)cc1S(=O)(=O)N1CCCC1. The lowest BCUT2D eigenvalue weighted by Gasteiger charge is -2.17. The van der Waals surface area contributed by atoms with Crippen molar-refractivity contribution in [1.82, 2.24) is 4.31 Å². The van der Waals surface area contributed by atoms with Gasteiger partial charge in [0.25, 0.3) is 0 Å². The predicted molar refractivity (Wildman–Crippen MR) is 66.9 cm³/mol. The van der Waals surface area contributed by atoms with E-state index in [9.17, 15) is 8.42 Å². The summed E-state index contributed by atoms with van der Waals surface area (Å²) in [6.45, 7) is 3.12. The van der Waals surface area contributed by atoms with Gasteiger partial charge in [-0.15, -0.1) is 0 Å². The molecule has 0 bridgehead atoms. The van der Waals surface area contributed by atoms with Gasteiger partial charge in [-0.25, -0.2) is 8.42 Å². The maximum Gasteiger partial charge on any atom is 0.243 e. The zero-order chi connectivity index (χ0) is 11.8. The van der Waals surface area contributed by atoms with E-state index in [0.717, 1.165) is 22.9 Å². The van der Waals surface area contributed by atoms with Crippen molar-refractivity contribution >= 4 is 26.0 Å². The predicted octanol–water partition coefficient (Wildman–Crippen LogP) is 2.54. The van der Waals surface area contributed by atoms with Crippen molar-refractivity contribution in [3.63, 3.8) is 0 Å². The average molecular weight is 304 g/mol. The third-order valence-corrected chi connectivity index (χ3v) is 5.37. The van der Waals surface area contributed by atoms with Gasteiger partial charge in [0, 0.05) is 17.6 Å². The first-order valence-electron chi connectivity index (χ1n) is 5.28. The standard InChI is InChI=1S/C11H14BrNO2S/c1-9-4-5-10(12)8-11(9)16(14,15)13-6-2-3-7-13/h4-5,8H,2-3,6-7H2,1H3. The molecule has 1 heterocycles. The minimum atomic E-state index is -3.29. The Balaban J connectivity index is 2.46. The Morgan fingerprint density at radius 1 is 1.25 bits per heavy atom. The molecule has 1 aromatic rings. The molecule has 1 aliphatic rings. The third-order valence-electron chi connectivity index (χ3n) is 2.83. The molecular weight excluding hydrogens is 290 g/mol. The number of halogens is 1. The number of benzene rings is 1. The number of rotatable bonds is 2. The summed E-state index contributed by atoms with van der Waals surface area (Å²) in [6.07, 6.45) is 1.93. The third kappa shape index (κ3) is 2.17. The summed E-state index contributed by atoms with van der Waals surface area (Å²) in [5.74, 6) is 0. The highest BCUT2D eigenvalue weighted by Gasteiger charge is 2.28. The molecule has 0 spiro atoms. The van der Waals surface area contributed by atoms with Gasteiger partial charge in [-0.05, 0) is 37.5 Å². The Morgan fingerprint density at radius 2 is 1.88 bits per heavy atom. The molecule has 0 radical (unpaired) electrons. The Bertz CT molecular complexity index is 493. The smallest absolute Gasteiger partial charge is 0.207 e. The fraction of sp³-hybridized carbons (Fsp3) is 0.455. The van der Waals surface area contributed by atoms with Crippen LogP contribution in [-0.4, -0.2) is 25.8 Å². The minimum absolute atomic E-state index is 0.420. The first kappa shape index (κ1) is 12.1. The molecule has 0 aliphatic carbocycles.